The molecule has 0 aliphatic rings. The lowest BCUT2D eigenvalue weighted by atomic mass is 10.0. The topological polar surface area (TPSA) is 0 Å². The first-order valence-corrected chi connectivity index (χ1v) is 5.61. The molecule has 0 heterocycles. The van der Waals surface area contributed by atoms with Crippen LogP contribution in [0.25, 0.3) is 11.1 Å². The van der Waals surface area contributed by atoms with Gasteiger partial charge >= 0.3 is 6.18 Å². The van der Waals surface area contributed by atoms with Crippen molar-refractivity contribution in [3.05, 3.63) is 58.6 Å². The third-order valence-corrected chi connectivity index (χ3v) is 2.79. The van der Waals surface area contributed by atoms with Crippen molar-refractivity contribution >= 4 is 15.9 Å². The van der Waals surface area contributed by atoms with E-state index in [1.807, 2.05) is 0 Å². The van der Waals surface area contributed by atoms with Crippen LogP contribution in [-0.4, -0.2) is 0 Å². The summed E-state index contributed by atoms with van der Waals surface area (Å²) >= 11 is 3.23. The third-order valence-electron chi connectivity index (χ3n) is 2.30. The molecule has 0 atom stereocenters. The molecular weight excluding hydrogens is 293 g/mol. The van der Waals surface area contributed by atoms with Gasteiger partial charge in [0.15, 0.2) is 0 Å². The van der Waals surface area contributed by atoms with Crippen LogP contribution in [0.2, 0.25) is 0 Å². The minimum atomic E-state index is -4.31. The van der Waals surface area contributed by atoms with E-state index in [1.54, 1.807) is 24.3 Å². The summed E-state index contributed by atoms with van der Waals surface area (Å²) in [6.45, 7) is 0. The van der Waals surface area contributed by atoms with Gasteiger partial charge in [0.1, 0.15) is 0 Å². The van der Waals surface area contributed by atoms with Crippen molar-refractivity contribution in [2.75, 3.05) is 0 Å². The quantitative estimate of drug-likeness (QED) is 0.700. The minimum absolute atomic E-state index is 0.531. The number of halogens is 4. The fourth-order valence-electron chi connectivity index (χ4n) is 1.46. The van der Waals surface area contributed by atoms with Gasteiger partial charge in [-0.1, -0.05) is 34.1 Å². The van der Waals surface area contributed by atoms with Gasteiger partial charge in [-0.05, 0) is 41.5 Å². The SMILES string of the molecule is FC(F)(F)c1cccc(-c2c[c]c(Br)cc2)c1. The molecule has 1 radical (unpaired) electrons. The van der Waals surface area contributed by atoms with Crippen LogP contribution in [0.1, 0.15) is 5.56 Å². The number of rotatable bonds is 1. The first-order valence-electron chi connectivity index (χ1n) is 4.82. The Morgan fingerprint density at radius 3 is 2.35 bits per heavy atom. The average Bonchev–Trinajstić information content (AvgIpc) is 2.29. The standard InChI is InChI=1S/C13H7BrF3/c14-12-6-4-9(5-7-12)10-2-1-3-11(8-10)13(15,16)17/h1-6,8H. The maximum atomic E-state index is 12.5. The summed E-state index contributed by atoms with van der Waals surface area (Å²) in [6.07, 6.45) is -4.31. The number of alkyl halides is 3. The van der Waals surface area contributed by atoms with Crippen LogP contribution in [0.5, 0.6) is 0 Å². The van der Waals surface area contributed by atoms with Crippen LogP contribution in [0.15, 0.2) is 46.9 Å². The summed E-state index contributed by atoms with van der Waals surface area (Å²) in [7, 11) is 0. The molecule has 17 heavy (non-hydrogen) atoms. The molecule has 0 amide bonds. The van der Waals surface area contributed by atoms with E-state index in [0.717, 1.165) is 16.6 Å². The monoisotopic (exact) mass is 299 g/mol. The molecule has 4 heteroatoms. The van der Waals surface area contributed by atoms with Crippen LogP contribution in [0.4, 0.5) is 13.2 Å². The van der Waals surface area contributed by atoms with Crippen molar-refractivity contribution in [2.45, 2.75) is 6.18 Å². The Labute approximate surface area is 105 Å². The predicted molar refractivity (Wildman–Crippen MR) is 63.4 cm³/mol. The highest BCUT2D eigenvalue weighted by molar-refractivity contribution is 9.10. The van der Waals surface area contributed by atoms with Crippen molar-refractivity contribution in [2.24, 2.45) is 0 Å². The number of benzene rings is 2. The summed E-state index contributed by atoms with van der Waals surface area (Å²) in [5.41, 5.74) is 0.598. The molecule has 0 fully saturated rings. The molecule has 87 valence electrons. The Morgan fingerprint density at radius 1 is 1.00 bits per heavy atom. The maximum Gasteiger partial charge on any atom is 0.416 e. The summed E-state index contributed by atoms with van der Waals surface area (Å²) in [6, 6.07) is 13.3. The Bertz CT molecular complexity index is 515. The average molecular weight is 300 g/mol. The highest BCUT2D eigenvalue weighted by atomic mass is 79.9. The lowest BCUT2D eigenvalue weighted by molar-refractivity contribution is -0.137. The van der Waals surface area contributed by atoms with Crippen molar-refractivity contribution in [3.8, 4) is 11.1 Å². The molecule has 2 aromatic carbocycles. The lowest BCUT2D eigenvalue weighted by Crippen LogP contribution is -2.04. The van der Waals surface area contributed by atoms with Gasteiger partial charge in [0.2, 0.25) is 0 Å². The first-order chi connectivity index (χ1) is 7.97. The van der Waals surface area contributed by atoms with Crippen LogP contribution in [-0.2, 0) is 6.18 Å². The van der Waals surface area contributed by atoms with Crippen LogP contribution < -0.4 is 0 Å². The van der Waals surface area contributed by atoms with E-state index in [0.29, 0.717) is 11.1 Å². The van der Waals surface area contributed by atoms with E-state index in [2.05, 4.69) is 22.0 Å². The third kappa shape index (κ3) is 2.88. The molecule has 0 aliphatic heterocycles. The van der Waals surface area contributed by atoms with E-state index < -0.39 is 11.7 Å². The molecular formula is C13H7BrF3. The molecule has 0 saturated carbocycles. The molecule has 0 unspecified atom stereocenters. The Hall–Kier alpha value is -1.29. The summed E-state index contributed by atoms with van der Waals surface area (Å²) in [4.78, 5) is 0. The Morgan fingerprint density at radius 2 is 1.76 bits per heavy atom. The van der Waals surface area contributed by atoms with E-state index in [-0.39, 0.29) is 0 Å². The summed E-state index contributed by atoms with van der Waals surface area (Å²) in [5.74, 6) is 0. The first kappa shape index (κ1) is 12.2. The van der Waals surface area contributed by atoms with Gasteiger partial charge in [-0.3, -0.25) is 0 Å². The van der Waals surface area contributed by atoms with Gasteiger partial charge in [-0.25, -0.2) is 0 Å². The van der Waals surface area contributed by atoms with Gasteiger partial charge in [0.25, 0.3) is 0 Å². The van der Waals surface area contributed by atoms with E-state index in [1.165, 1.54) is 6.07 Å². The van der Waals surface area contributed by atoms with Gasteiger partial charge in [0.05, 0.1) is 5.56 Å². The summed E-state index contributed by atoms with van der Waals surface area (Å²) < 4.78 is 38.4. The predicted octanol–water partition coefficient (Wildman–Crippen LogP) is 4.94. The zero-order valence-corrected chi connectivity index (χ0v) is 10.1. The highest BCUT2D eigenvalue weighted by Crippen LogP contribution is 2.32. The van der Waals surface area contributed by atoms with Crippen molar-refractivity contribution in [3.63, 3.8) is 0 Å². The van der Waals surface area contributed by atoms with Gasteiger partial charge in [0, 0.05) is 4.47 Å². The number of hydrogen-bond donors (Lipinski definition) is 0. The molecule has 0 saturated heterocycles. The van der Waals surface area contributed by atoms with Crippen molar-refractivity contribution in [1.82, 2.24) is 0 Å². The van der Waals surface area contributed by atoms with Crippen LogP contribution in [0, 0.1) is 6.07 Å². The van der Waals surface area contributed by atoms with E-state index in [9.17, 15) is 13.2 Å². The van der Waals surface area contributed by atoms with Gasteiger partial charge < -0.3 is 0 Å². The number of hydrogen-bond acceptors (Lipinski definition) is 0. The maximum absolute atomic E-state index is 12.5. The van der Waals surface area contributed by atoms with Gasteiger partial charge in [-0.15, -0.1) is 0 Å². The lowest BCUT2D eigenvalue weighted by Gasteiger charge is -2.08. The molecule has 0 N–H and O–H groups in total. The Balaban J connectivity index is 2.43. The second-order valence-electron chi connectivity index (χ2n) is 3.50. The summed E-state index contributed by atoms with van der Waals surface area (Å²) in [5, 5.41) is 0. The van der Waals surface area contributed by atoms with Crippen molar-refractivity contribution in [1.29, 1.82) is 0 Å². The van der Waals surface area contributed by atoms with Crippen LogP contribution >= 0.6 is 15.9 Å². The second kappa shape index (κ2) is 4.53. The molecule has 2 rings (SSSR count). The van der Waals surface area contributed by atoms with Crippen LogP contribution in [0.3, 0.4) is 0 Å². The smallest absolute Gasteiger partial charge is 0.166 e. The van der Waals surface area contributed by atoms with Crippen molar-refractivity contribution < 1.29 is 13.2 Å². The van der Waals surface area contributed by atoms with E-state index >= 15 is 0 Å². The highest BCUT2D eigenvalue weighted by Gasteiger charge is 2.30. The minimum Gasteiger partial charge on any atom is -0.166 e. The molecule has 0 nitrogen and oxygen atoms in total. The molecule has 0 aliphatic carbocycles. The largest absolute Gasteiger partial charge is 0.416 e. The second-order valence-corrected chi connectivity index (χ2v) is 4.36. The normalized spacial score (nSPS) is 11.5. The molecule has 2 aromatic rings. The fourth-order valence-corrected chi connectivity index (χ4v) is 1.71. The molecule has 0 aromatic heterocycles. The zero-order valence-electron chi connectivity index (χ0n) is 8.55. The van der Waals surface area contributed by atoms with Gasteiger partial charge in [-0.2, -0.15) is 13.2 Å². The Kier molecular flexibility index (Phi) is 3.24. The zero-order chi connectivity index (χ0) is 12.5. The molecule has 0 spiro atoms. The van der Waals surface area contributed by atoms with E-state index in [4.69, 9.17) is 0 Å². The fraction of sp³-hybridized carbons (Fsp3) is 0.0769. The molecule has 0 bridgehead atoms.